The second-order valence-electron chi connectivity index (χ2n) is 5.82. The summed E-state index contributed by atoms with van der Waals surface area (Å²) in [5.41, 5.74) is 2.16. The van der Waals surface area contributed by atoms with Crippen LogP contribution in [-0.2, 0) is 11.2 Å². The summed E-state index contributed by atoms with van der Waals surface area (Å²) in [6.07, 6.45) is 8.28. The fourth-order valence-electron chi connectivity index (χ4n) is 2.86. The molecule has 0 aliphatic heterocycles. The van der Waals surface area contributed by atoms with Gasteiger partial charge in [0.1, 0.15) is 0 Å². The second-order valence-corrected chi connectivity index (χ2v) is 5.82. The molecule has 2 aromatic heterocycles. The van der Waals surface area contributed by atoms with Crippen LogP contribution in [0.4, 0.5) is 0 Å². The Balaban J connectivity index is 1.52. The normalized spacial score (nSPS) is 23.8. The van der Waals surface area contributed by atoms with Gasteiger partial charge in [-0.1, -0.05) is 6.07 Å². The molecule has 2 heterocycles. The molecule has 6 nitrogen and oxygen atoms in total. The van der Waals surface area contributed by atoms with Gasteiger partial charge in [-0.15, -0.1) is 0 Å². The molecule has 1 aliphatic rings. The number of pyridine rings is 1. The lowest BCUT2D eigenvalue weighted by Crippen LogP contribution is -2.56. The van der Waals surface area contributed by atoms with E-state index in [-0.39, 0.29) is 18.0 Å². The fraction of sp³-hybridized carbons (Fsp3) is 0.438. The van der Waals surface area contributed by atoms with Crippen molar-refractivity contribution in [3.05, 3.63) is 48.0 Å². The van der Waals surface area contributed by atoms with Crippen LogP contribution in [0.1, 0.15) is 30.0 Å². The van der Waals surface area contributed by atoms with E-state index in [4.69, 9.17) is 0 Å². The van der Waals surface area contributed by atoms with Crippen molar-refractivity contribution in [1.29, 1.82) is 0 Å². The van der Waals surface area contributed by atoms with Gasteiger partial charge in [0.25, 0.3) is 0 Å². The second kappa shape index (κ2) is 6.27. The number of aryl methyl sites for hydroxylation is 2. The maximum atomic E-state index is 12.1. The maximum absolute atomic E-state index is 12.1. The first kappa shape index (κ1) is 14.7. The largest absolute Gasteiger partial charge is 0.391 e. The molecule has 116 valence electrons. The van der Waals surface area contributed by atoms with Crippen molar-refractivity contribution in [2.75, 3.05) is 0 Å². The van der Waals surface area contributed by atoms with Gasteiger partial charge in [0.15, 0.2) is 0 Å². The minimum atomic E-state index is -0.453. The molecule has 1 aliphatic carbocycles. The van der Waals surface area contributed by atoms with E-state index < -0.39 is 6.10 Å². The summed E-state index contributed by atoms with van der Waals surface area (Å²) in [6, 6.07) is 3.63. The molecule has 2 aromatic rings. The number of nitrogens with one attached hydrogen (secondary N) is 1. The van der Waals surface area contributed by atoms with Crippen LogP contribution in [0, 0.1) is 6.92 Å². The molecule has 1 amide bonds. The van der Waals surface area contributed by atoms with Gasteiger partial charge in [-0.05, 0) is 37.0 Å². The van der Waals surface area contributed by atoms with Crippen LogP contribution >= 0.6 is 0 Å². The van der Waals surface area contributed by atoms with Crippen LogP contribution in [0.15, 0.2) is 36.9 Å². The van der Waals surface area contributed by atoms with Crippen LogP contribution < -0.4 is 5.32 Å². The summed E-state index contributed by atoms with van der Waals surface area (Å²) in [7, 11) is 0. The van der Waals surface area contributed by atoms with Crippen molar-refractivity contribution in [3.8, 4) is 0 Å². The van der Waals surface area contributed by atoms with Crippen molar-refractivity contribution < 1.29 is 9.90 Å². The molecular formula is C16H20N4O2. The van der Waals surface area contributed by atoms with E-state index in [1.165, 1.54) is 0 Å². The number of nitrogens with zero attached hydrogens (tertiary/aromatic N) is 3. The number of hydrogen-bond donors (Lipinski definition) is 2. The lowest BCUT2D eigenvalue weighted by Gasteiger charge is -2.41. The number of rotatable bonds is 5. The van der Waals surface area contributed by atoms with Crippen LogP contribution in [0.3, 0.4) is 0 Å². The van der Waals surface area contributed by atoms with E-state index >= 15 is 0 Å². The minimum absolute atomic E-state index is 0.00411. The van der Waals surface area contributed by atoms with Gasteiger partial charge in [-0.3, -0.25) is 14.5 Å². The Hall–Kier alpha value is -2.21. The van der Waals surface area contributed by atoms with Crippen LogP contribution in [0.2, 0.25) is 0 Å². The molecule has 0 aromatic carbocycles. The third kappa shape index (κ3) is 3.17. The first-order valence-corrected chi connectivity index (χ1v) is 7.50. The number of aromatic nitrogens is 3. The first-order chi connectivity index (χ1) is 10.6. The van der Waals surface area contributed by atoms with Crippen molar-refractivity contribution in [1.82, 2.24) is 20.1 Å². The van der Waals surface area contributed by atoms with Crippen LogP contribution in [0.5, 0.6) is 0 Å². The Morgan fingerprint density at radius 3 is 3.05 bits per heavy atom. The third-order valence-corrected chi connectivity index (χ3v) is 4.05. The molecule has 0 radical (unpaired) electrons. The average Bonchev–Trinajstić information content (AvgIpc) is 2.98. The van der Waals surface area contributed by atoms with E-state index in [1.807, 2.05) is 25.3 Å². The van der Waals surface area contributed by atoms with Crippen LogP contribution in [0.25, 0.3) is 0 Å². The van der Waals surface area contributed by atoms with Crippen molar-refractivity contribution in [2.24, 2.45) is 0 Å². The number of hydrogen-bond acceptors (Lipinski definition) is 4. The summed E-state index contributed by atoms with van der Waals surface area (Å²) >= 11 is 0. The van der Waals surface area contributed by atoms with E-state index in [9.17, 15) is 9.90 Å². The first-order valence-electron chi connectivity index (χ1n) is 7.50. The zero-order valence-electron chi connectivity index (χ0n) is 12.5. The highest BCUT2D eigenvalue weighted by atomic mass is 16.3. The van der Waals surface area contributed by atoms with E-state index in [1.54, 1.807) is 23.3 Å². The van der Waals surface area contributed by atoms with E-state index in [0.717, 1.165) is 11.1 Å². The smallest absolute Gasteiger partial charge is 0.220 e. The summed E-state index contributed by atoms with van der Waals surface area (Å²) in [5, 5.41) is 17.0. The maximum Gasteiger partial charge on any atom is 0.220 e. The van der Waals surface area contributed by atoms with Gasteiger partial charge in [0.2, 0.25) is 5.91 Å². The molecule has 0 bridgehead atoms. The third-order valence-electron chi connectivity index (χ3n) is 4.05. The van der Waals surface area contributed by atoms with Crippen molar-refractivity contribution in [3.63, 3.8) is 0 Å². The molecule has 0 spiro atoms. The summed E-state index contributed by atoms with van der Waals surface area (Å²) in [4.78, 5) is 16.2. The van der Waals surface area contributed by atoms with Crippen molar-refractivity contribution in [2.45, 2.75) is 44.4 Å². The number of carbonyl (C=O) groups is 1. The van der Waals surface area contributed by atoms with E-state index in [0.29, 0.717) is 19.3 Å². The summed E-state index contributed by atoms with van der Waals surface area (Å²) in [5.74, 6) is -0.00411. The fourth-order valence-corrected chi connectivity index (χ4v) is 2.86. The highest BCUT2D eigenvalue weighted by molar-refractivity contribution is 5.76. The lowest BCUT2D eigenvalue weighted by atomic mass is 9.83. The number of carbonyl (C=O) groups excluding carboxylic acids is 1. The van der Waals surface area contributed by atoms with Gasteiger partial charge in [0.05, 0.1) is 18.2 Å². The molecule has 0 saturated heterocycles. The summed E-state index contributed by atoms with van der Waals surface area (Å²) < 4.78 is 1.71. The monoisotopic (exact) mass is 300 g/mol. The average molecular weight is 300 g/mol. The Bertz CT molecular complexity index is 641. The zero-order valence-corrected chi connectivity index (χ0v) is 12.5. The molecule has 2 N–H and O–H groups in total. The highest BCUT2D eigenvalue weighted by Crippen LogP contribution is 2.32. The Labute approximate surface area is 129 Å². The van der Waals surface area contributed by atoms with Gasteiger partial charge in [-0.2, -0.15) is 5.10 Å². The molecule has 0 unspecified atom stereocenters. The summed E-state index contributed by atoms with van der Waals surface area (Å²) in [6.45, 7) is 1.99. The number of amides is 1. The van der Waals surface area contributed by atoms with Crippen molar-refractivity contribution >= 4 is 5.91 Å². The van der Waals surface area contributed by atoms with Gasteiger partial charge in [-0.25, -0.2) is 0 Å². The predicted molar refractivity (Wildman–Crippen MR) is 81.1 cm³/mol. The number of aliphatic hydroxyl groups is 1. The standard InChI is InChI=1S/C16H20N4O2/c1-11-7-12(10-17-9-11)3-4-15(22)19-13-8-14(21)16(13)20-6-2-5-18-20/h2,5-7,9-10,13-14,16,21H,3-4,8H2,1H3,(H,19,22)/t13-,14+,16+/m0/s1. The number of aliphatic hydroxyl groups excluding tert-OH is 1. The topological polar surface area (TPSA) is 80.0 Å². The molecule has 1 fully saturated rings. The molecule has 22 heavy (non-hydrogen) atoms. The zero-order chi connectivity index (χ0) is 15.5. The van der Waals surface area contributed by atoms with Crippen LogP contribution in [-0.4, -0.2) is 37.9 Å². The molecule has 6 heteroatoms. The SMILES string of the molecule is Cc1cncc(CCC(=O)N[C@H]2C[C@@H](O)[C@@H]2n2cccn2)c1. The van der Waals surface area contributed by atoms with Gasteiger partial charge < -0.3 is 10.4 Å². The molecule has 3 rings (SSSR count). The quantitative estimate of drug-likeness (QED) is 0.863. The lowest BCUT2D eigenvalue weighted by molar-refractivity contribution is -0.124. The Morgan fingerprint density at radius 2 is 2.36 bits per heavy atom. The van der Waals surface area contributed by atoms with E-state index in [2.05, 4.69) is 15.4 Å². The van der Waals surface area contributed by atoms with Gasteiger partial charge in [0, 0.05) is 31.2 Å². The molecule has 3 atom stereocenters. The Morgan fingerprint density at radius 1 is 1.50 bits per heavy atom. The minimum Gasteiger partial charge on any atom is -0.391 e. The Kier molecular flexibility index (Phi) is 4.20. The van der Waals surface area contributed by atoms with Gasteiger partial charge >= 0.3 is 0 Å². The molecule has 1 saturated carbocycles. The molecular weight excluding hydrogens is 280 g/mol. The predicted octanol–water partition coefficient (Wildman–Crippen LogP) is 1.01. The highest BCUT2D eigenvalue weighted by Gasteiger charge is 2.42.